The maximum absolute atomic E-state index is 12.5. The summed E-state index contributed by atoms with van der Waals surface area (Å²) in [4.78, 5) is 12.5. The molecule has 0 atom stereocenters. The first-order valence-corrected chi connectivity index (χ1v) is 8.48. The number of nitrogens with zero attached hydrogens (tertiary/aromatic N) is 5. The van der Waals surface area contributed by atoms with Crippen LogP contribution in [0.5, 0.6) is 11.5 Å². The summed E-state index contributed by atoms with van der Waals surface area (Å²) < 4.78 is 20.4. The Morgan fingerprint density at radius 1 is 1.19 bits per heavy atom. The predicted octanol–water partition coefficient (Wildman–Crippen LogP) is 2.06. The summed E-state index contributed by atoms with van der Waals surface area (Å²) in [6.07, 6.45) is 0. The SMILES string of the molecule is COc1ccc(NC(=O)c2nnn(Cc3nsnc3C)c2C)cc1OC. The zero-order valence-electron chi connectivity index (χ0n) is 14.8. The van der Waals surface area contributed by atoms with Gasteiger partial charge in [0.25, 0.3) is 5.91 Å². The molecule has 0 aliphatic rings. The summed E-state index contributed by atoms with van der Waals surface area (Å²) in [5.41, 5.74) is 3.13. The Morgan fingerprint density at radius 3 is 2.62 bits per heavy atom. The van der Waals surface area contributed by atoms with E-state index in [1.54, 1.807) is 36.9 Å². The lowest BCUT2D eigenvalue weighted by Crippen LogP contribution is -2.14. The number of hydrogen-bond acceptors (Lipinski definition) is 8. The molecule has 0 unspecified atom stereocenters. The first-order chi connectivity index (χ1) is 12.5. The molecule has 0 bridgehead atoms. The standard InChI is InChI=1S/C16H18N6O3S/c1-9-12(20-26-19-9)8-22-10(2)15(18-21-22)16(23)17-11-5-6-13(24-3)14(7-11)25-4/h5-7H,8H2,1-4H3,(H,17,23). The van der Waals surface area contributed by atoms with Crippen molar-refractivity contribution < 1.29 is 14.3 Å². The Bertz CT molecular complexity index is 936. The molecule has 2 aromatic heterocycles. The van der Waals surface area contributed by atoms with Crippen LogP contribution < -0.4 is 14.8 Å². The van der Waals surface area contributed by atoms with Crippen molar-refractivity contribution in [3.8, 4) is 11.5 Å². The molecule has 1 aromatic carbocycles. The highest BCUT2D eigenvalue weighted by atomic mass is 32.1. The third-order valence-electron chi connectivity index (χ3n) is 3.88. The molecule has 136 valence electrons. The minimum Gasteiger partial charge on any atom is -0.493 e. The molecule has 0 aliphatic heterocycles. The van der Waals surface area contributed by atoms with Gasteiger partial charge in [0, 0.05) is 11.8 Å². The van der Waals surface area contributed by atoms with Crippen molar-refractivity contribution in [3.05, 3.63) is 41.0 Å². The molecule has 1 amide bonds. The van der Waals surface area contributed by atoms with E-state index in [0.717, 1.165) is 23.1 Å². The van der Waals surface area contributed by atoms with Crippen molar-refractivity contribution in [2.75, 3.05) is 19.5 Å². The Morgan fingerprint density at radius 2 is 1.96 bits per heavy atom. The third kappa shape index (κ3) is 3.49. The number of rotatable bonds is 6. The Kier molecular flexibility index (Phi) is 5.12. The van der Waals surface area contributed by atoms with Crippen LogP contribution in [0.4, 0.5) is 5.69 Å². The number of methoxy groups -OCH3 is 2. The van der Waals surface area contributed by atoms with E-state index in [2.05, 4.69) is 24.4 Å². The van der Waals surface area contributed by atoms with Gasteiger partial charge in [0.2, 0.25) is 0 Å². The van der Waals surface area contributed by atoms with Gasteiger partial charge >= 0.3 is 0 Å². The summed E-state index contributed by atoms with van der Waals surface area (Å²) in [5.74, 6) is 0.756. The lowest BCUT2D eigenvalue weighted by molar-refractivity contribution is 0.102. The van der Waals surface area contributed by atoms with Gasteiger partial charge in [-0.3, -0.25) is 4.79 Å². The van der Waals surface area contributed by atoms with Crippen LogP contribution in [-0.4, -0.2) is 43.9 Å². The van der Waals surface area contributed by atoms with E-state index in [1.165, 1.54) is 7.11 Å². The maximum Gasteiger partial charge on any atom is 0.278 e. The highest BCUT2D eigenvalue weighted by Crippen LogP contribution is 2.29. The number of aromatic nitrogens is 5. The van der Waals surface area contributed by atoms with Crippen molar-refractivity contribution in [2.24, 2.45) is 0 Å². The van der Waals surface area contributed by atoms with Gasteiger partial charge in [0.15, 0.2) is 17.2 Å². The van der Waals surface area contributed by atoms with Crippen molar-refractivity contribution in [1.82, 2.24) is 23.7 Å². The van der Waals surface area contributed by atoms with E-state index in [4.69, 9.17) is 9.47 Å². The maximum atomic E-state index is 12.5. The van der Waals surface area contributed by atoms with E-state index in [1.807, 2.05) is 6.92 Å². The molecule has 2 heterocycles. The van der Waals surface area contributed by atoms with Crippen LogP contribution in [0.3, 0.4) is 0 Å². The van der Waals surface area contributed by atoms with Crippen LogP contribution in [0, 0.1) is 13.8 Å². The smallest absolute Gasteiger partial charge is 0.278 e. The van der Waals surface area contributed by atoms with E-state index < -0.39 is 0 Å². The molecule has 0 saturated carbocycles. The Hall–Kier alpha value is -3.01. The van der Waals surface area contributed by atoms with Crippen LogP contribution in [0.25, 0.3) is 0 Å². The van der Waals surface area contributed by atoms with E-state index in [9.17, 15) is 4.79 Å². The predicted molar refractivity (Wildman–Crippen MR) is 96.0 cm³/mol. The lowest BCUT2D eigenvalue weighted by atomic mass is 10.2. The van der Waals surface area contributed by atoms with Gasteiger partial charge < -0.3 is 14.8 Å². The first kappa shape index (κ1) is 17.8. The average Bonchev–Trinajstić information content (AvgIpc) is 3.21. The zero-order chi connectivity index (χ0) is 18.7. The van der Waals surface area contributed by atoms with Gasteiger partial charge in [-0.1, -0.05) is 5.21 Å². The number of carbonyl (C=O) groups excluding carboxylic acids is 1. The molecule has 0 radical (unpaired) electrons. The number of benzene rings is 1. The molecule has 1 N–H and O–H groups in total. The van der Waals surface area contributed by atoms with Crippen LogP contribution in [0.15, 0.2) is 18.2 Å². The van der Waals surface area contributed by atoms with Crippen molar-refractivity contribution in [3.63, 3.8) is 0 Å². The molecule has 3 rings (SSSR count). The highest BCUT2D eigenvalue weighted by Gasteiger charge is 2.18. The van der Waals surface area contributed by atoms with Crippen molar-refractivity contribution >= 4 is 23.3 Å². The second kappa shape index (κ2) is 7.48. The van der Waals surface area contributed by atoms with Crippen LogP contribution in [0.1, 0.15) is 27.6 Å². The molecular weight excluding hydrogens is 356 g/mol. The minimum absolute atomic E-state index is 0.251. The van der Waals surface area contributed by atoms with E-state index in [0.29, 0.717) is 29.4 Å². The number of ether oxygens (including phenoxy) is 2. The molecule has 0 spiro atoms. The first-order valence-electron chi connectivity index (χ1n) is 7.75. The molecule has 0 aliphatic carbocycles. The fourth-order valence-corrected chi connectivity index (χ4v) is 2.92. The number of aryl methyl sites for hydroxylation is 1. The molecule has 26 heavy (non-hydrogen) atoms. The number of carbonyl (C=O) groups is 1. The number of hydrogen-bond donors (Lipinski definition) is 1. The van der Waals surface area contributed by atoms with Gasteiger partial charge in [-0.25, -0.2) is 4.68 Å². The van der Waals surface area contributed by atoms with E-state index in [-0.39, 0.29) is 11.6 Å². The van der Waals surface area contributed by atoms with Crippen LogP contribution >= 0.6 is 11.7 Å². The van der Waals surface area contributed by atoms with Gasteiger partial charge in [0.1, 0.15) is 0 Å². The number of anilines is 1. The van der Waals surface area contributed by atoms with E-state index >= 15 is 0 Å². The molecule has 0 fully saturated rings. The topological polar surface area (TPSA) is 104 Å². The summed E-state index contributed by atoms with van der Waals surface area (Å²) in [5, 5.41) is 10.8. The molecule has 10 heteroatoms. The second-order valence-electron chi connectivity index (χ2n) is 5.50. The monoisotopic (exact) mass is 374 g/mol. The third-order valence-corrected chi connectivity index (χ3v) is 4.54. The van der Waals surface area contributed by atoms with Gasteiger partial charge in [-0.2, -0.15) is 8.75 Å². The van der Waals surface area contributed by atoms with Crippen LogP contribution in [-0.2, 0) is 6.54 Å². The van der Waals surface area contributed by atoms with Crippen molar-refractivity contribution in [1.29, 1.82) is 0 Å². The quantitative estimate of drug-likeness (QED) is 0.704. The average molecular weight is 374 g/mol. The minimum atomic E-state index is -0.353. The summed E-state index contributed by atoms with van der Waals surface area (Å²) in [7, 11) is 3.09. The second-order valence-corrected chi connectivity index (χ2v) is 6.03. The zero-order valence-corrected chi connectivity index (χ0v) is 15.6. The normalized spacial score (nSPS) is 10.6. The summed E-state index contributed by atoms with van der Waals surface area (Å²) in [6.45, 7) is 4.10. The van der Waals surface area contributed by atoms with Gasteiger partial charge in [0.05, 0.1) is 49.6 Å². The van der Waals surface area contributed by atoms with Gasteiger partial charge in [-0.15, -0.1) is 5.10 Å². The fourth-order valence-electron chi connectivity index (χ4n) is 2.36. The molecule has 3 aromatic rings. The van der Waals surface area contributed by atoms with Crippen LogP contribution in [0.2, 0.25) is 0 Å². The molecular formula is C16H18N6O3S. The Balaban J connectivity index is 1.77. The number of nitrogens with one attached hydrogen (secondary N) is 1. The lowest BCUT2D eigenvalue weighted by Gasteiger charge is -2.10. The largest absolute Gasteiger partial charge is 0.493 e. The summed E-state index contributed by atoms with van der Waals surface area (Å²) in [6, 6.07) is 5.13. The Labute approximate surface area is 154 Å². The molecule has 9 nitrogen and oxygen atoms in total. The van der Waals surface area contributed by atoms with Crippen molar-refractivity contribution in [2.45, 2.75) is 20.4 Å². The fraction of sp³-hybridized carbons (Fsp3) is 0.312. The van der Waals surface area contributed by atoms with Gasteiger partial charge in [-0.05, 0) is 26.0 Å². The number of amides is 1. The summed E-state index contributed by atoms with van der Waals surface area (Å²) >= 11 is 1.15. The molecule has 0 saturated heterocycles. The highest BCUT2D eigenvalue weighted by molar-refractivity contribution is 6.99.